The number of H-pyrrole nitrogens is 1. The number of nitrogens with zero attached hydrogens (tertiary/aromatic N) is 3. The van der Waals surface area contributed by atoms with E-state index in [1.165, 1.54) is 18.0 Å². The standard InChI is InChI=1S/C15H10N4O2S/c20-11(12-6-3-7-21-12)8-22-15-17-14-13(18-19-15)9-4-1-2-5-10(9)16-14/h1-7H,8H2,(H,16,17,19). The van der Waals surface area contributed by atoms with Crippen LogP contribution in [0.5, 0.6) is 0 Å². The third-order valence-electron chi connectivity index (χ3n) is 3.23. The maximum absolute atomic E-state index is 11.9. The number of benzene rings is 1. The Labute approximate surface area is 128 Å². The minimum atomic E-state index is -0.102. The summed E-state index contributed by atoms with van der Waals surface area (Å²) in [4.78, 5) is 19.5. The molecule has 0 spiro atoms. The molecule has 0 amide bonds. The van der Waals surface area contributed by atoms with Gasteiger partial charge in [-0.15, -0.1) is 10.2 Å². The second kappa shape index (κ2) is 5.27. The van der Waals surface area contributed by atoms with E-state index in [-0.39, 0.29) is 11.5 Å². The summed E-state index contributed by atoms with van der Waals surface area (Å²) in [6, 6.07) is 11.2. The third-order valence-corrected chi connectivity index (χ3v) is 4.07. The Morgan fingerprint density at radius 2 is 2.09 bits per heavy atom. The van der Waals surface area contributed by atoms with Crippen LogP contribution >= 0.6 is 11.8 Å². The zero-order chi connectivity index (χ0) is 14.9. The van der Waals surface area contributed by atoms with Gasteiger partial charge in [-0.2, -0.15) is 0 Å². The highest BCUT2D eigenvalue weighted by Gasteiger charge is 2.12. The van der Waals surface area contributed by atoms with Gasteiger partial charge in [-0.1, -0.05) is 30.0 Å². The molecule has 108 valence electrons. The summed E-state index contributed by atoms with van der Waals surface area (Å²) >= 11 is 1.24. The van der Waals surface area contributed by atoms with Gasteiger partial charge >= 0.3 is 0 Å². The number of carbonyl (C=O) groups excluding carboxylic acids is 1. The number of ketones is 1. The highest BCUT2D eigenvalue weighted by atomic mass is 32.2. The van der Waals surface area contributed by atoms with Crippen molar-refractivity contribution in [2.45, 2.75) is 5.16 Å². The Hall–Kier alpha value is -2.67. The van der Waals surface area contributed by atoms with Crippen LogP contribution < -0.4 is 0 Å². The lowest BCUT2D eigenvalue weighted by molar-refractivity contribution is 0.0992. The van der Waals surface area contributed by atoms with Crippen molar-refractivity contribution in [1.29, 1.82) is 0 Å². The molecule has 1 N–H and O–H groups in total. The van der Waals surface area contributed by atoms with E-state index in [0.717, 1.165) is 16.4 Å². The maximum Gasteiger partial charge on any atom is 0.211 e. The van der Waals surface area contributed by atoms with Crippen LogP contribution in [0.25, 0.3) is 22.1 Å². The first-order valence-corrected chi connectivity index (χ1v) is 7.60. The molecule has 0 bridgehead atoms. The fourth-order valence-corrected chi connectivity index (χ4v) is 2.86. The number of carbonyl (C=O) groups is 1. The summed E-state index contributed by atoms with van der Waals surface area (Å²) in [5, 5.41) is 9.74. The summed E-state index contributed by atoms with van der Waals surface area (Å²) in [5.41, 5.74) is 2.37. The number of aromatic nitrogens is 4. The normalized spacial score (nSPS) is 11.3. The van der Waals surface area contributed by atoms with Crippen LogP contribution in [0.4, 0.5) is 0 Å². The van der Waals surface area contributed by atoms with Gasteiger partial charge in [-0.3, -0.25) is 4.79 Å². The van der Waals surface area contributed by atoms with Gasteiger partial charge in [-0.25, -0.2) is 4.98 Å². The topological polar surface area (TPSA) is 84.7 Å². The lowest BCUT2D eigenvalue weighted by Gasteiger charge is -1.97. The molecule has 0 saturated heterocycles. The van der Waals surface area contributed by atoms with E-state index < -0.39 is 0 Å². The van der Waals surface area contributed by atoms with Gasteiger partial charge in [0.1, 0.15) is 5.52 Å². The van der Waals surface area contributed by atoms with Gasteiger partial charge in [0.05, 0.1) is 12.0 Å². The van der Waals surface area contributed by atoms with Crippen LogP contribution in [0.2, 0.25) is 0 Å². The van der Waals surface area contributed by atoms with E-state index in [4.69, 9.17) is 4.42 Å². The van der Waals surface area contributed by atoms with Gasteiger partial charge in [0.25, 0.3) is 0 Å². The lowest BCUT2D eigenvalue weighted by Crippen LogP contribution is -2.02. The molecule has 4 rings (SSSR count). The summed E-state index contributed by atoms with van der Waals surface area (Å²) in [6.07, 6.45) is 1.48. The molecule has 0 fully saturated rings. The van der Waals surface area contributed by atoms with Gasteiger partial charge in [0.15, 0.2) is 11.4 Å². The van der Waals surface area contributed by atoms with Crippen LogP contribution in [0.3, 0.4) is 0 Å². The first-order valence-electron chi connectivity index (χ1n) is 6.62. The zero-order valence-electron chi connectivity index (χ0n) is 11.3. The van der Waals surface area contributed by atoms with Gasteiger partial charge in [0.2, 0.25) is 10.9 Å². The molecule has 1 aromatic carbocycles. The predicted octanol–water partition coefficient (Wildman–Crippen LogP) is 3.07. The van der Waals surface area contributed by atoms with E-state index in [2.05, 4.69) is 20.2 Å². The Kier molecular flexibility index (Phi) is 3.12. The molecule has 7 heteroatoms. The SMILES string of the molecule is O=C(CSc1nnc2c(n1)[nH]c1ccccc12)c1ccco1. The summed E-state index contributed by atoms with van der Waals surface area (Å²) < 4.78 is 5.07. The van der Waals surface area contributed by atoms with Crippen molar-refractivity contribution >= 4 is 39.6 Å². The first kappa shape index (κ1) is 13.0. The number of hydrogen-bond donors (Lipinski definition) is 1. The van der Waals surface area contributed by atoms with E-state index >= 15 is 0 Å². The maximum atomic E-state index is 11.9. The van der Waals surface area contributed by atoms with Gasteiger partial charge < -0.3 is 9.40 Å². The molecule has 0 saturated carbocycles. The molecule has 3 aromatic heterocycles. The highest BCUT2D eigenvalue weighted by molar-refractivity contribution is 7.99. The average Bonchev–Trinajstić information content (AvgIpc) is 3.19. The molecule has 6 nitrogen and oxygen atoms in total. The van der Waals surface area contributed by atoms with Crippen molar-refractivity contribution in [3.05, 3.63) is 48.4 Å². The van der Waals surface area contributed by atoms with Crippen molar-refractivity contribution in [2.75, 3.05) is 5.75 Å². The number of hydrogen-bond acceptors (Lipinski definition) is 6. The molecular weight excluding hydrogens is 300 g/mol. The number of aromatic amines is 1. The number of Topliss-reactive ketones (excluding diaryl/α,β-unsaturated/α-hetero) is 1. The Balaban J connectivity index is 1.60. The van der Waals surface area contributed by atoms with Crippen molar-refractivity contribution in [3.8, 4) is 0 Å². The largest absolute Gasteiger partial charge is 0.461 e. The summed E-state index contributed by atoms with van der Waals surface area (Å²) in [5.74, 6) is 0.448. The average molecular weight is 310 g/mol. The second-order valence-corrected chi connectivity index (χ2v) is 5.59. The fraction of sp³-hybridized carbons (Fsp3) is 0.0667. The lowest BCUT2D eigenvalue weighted by atomic mass is 10.2. The summed E-state index contributed by atoms with van der Waals surface area (Å²) in [7, 11) is 0. The van der Waals surface area contributed by atoms with Crippen LogP contribution in [0.15, 0.2) is 52.2 Å². The molecule has 0 aliphatic carbocycles. The molecule has 22 heavy (non-hydrogen) atoms. The highest BCUT2D eigenvalue weighted by Crippen LogP contribution is 2.23. The van der Waals surface area contributed by atoms with E-state index in [1.807, 2.05) is 24.3 Å². The van der Waals surface area contributed by atoms with Crippen molar-refractivity contribution < 1.29 is 9.21 Å². The van der Waals surface area contributed by atoms with E-state index in [9.17, 15) is 4.79 Å². The number of furan rings is 1. The third kappa shape index (κ3) is 2.25. The van der Waals surface area contributed by atoms with Crippen LogP contribution in [0, 0.1) is 0 Å². The Morgan fingerprint density at radius 1 is 1.18 bits per heavy atom. The van der Waals surface area contributed by atoms with E-state index in [0.29, 0.717) is 16.6 Å². The van der Waals surface area contributed by atoms with Crippen LogP contribution in [-0.2, 0) is 0 Å². The number of para-hydroxylation sites is 1. The quantitative estimate of drug-likeness (QED) is 0.460. The minimum Gasteiger partial charge on any atom is -0.461 e. The zero-order valence-corrected chi connectivity index (χ0v) is 12.1. The molecule has 0 radical (unpaired) electrons. The summed E-state index contributed by atoms with van der Waals surface area (Å²) in [6.45, 7) is 0. The molecule has 0 atom stereocenters. The number of thioether (sulfide) groups is 1. The smallest absolute Gasteiger partial charge is 0.211 e. The Bertz CT molecular complexity index is 962. The molecular formula is C15H10N4O2S. The molecule has 0 aliphatic rings. The molecule has 0 unspecified atom stereocenters. The molecule has 4 aromatic rings. The molecule has 0 aliphatic heterocycles. The second-order valence-electron chi connectivity index (χ2n) is 4.65. The van der Waals surface area contributed by atoms with Crippen LogP contribution in [-0.4, -0.2) is 31.7 Å². The van der Waals surface area contributed by atoms with Crippen molar-refractivity contribution in [2.24, 2.45) is 0 Å². The molecule has 3 heterocycles. The number of nitrogens with one attached hydrogen (secondary N) is 1. The van der Waals surface area contributed by atoms with Crippen LogP contribution in [0.1, 0.15) is 10.6 Å². The minimum absolute atomic E-state index is 0.102. The Morgan fingerprint density at radius 3 is 2.95 bits per heavy atom. The van der Waals surface area contributed by atoms with Crippen molar-refractivity contribution in [1.82, 2.24) is 20.2 Å². The van der Waals surface area contributed by atoms with E-state index in [1.54, 1.807) is 12.1 Å². The van der Waals surface area contributed by atoms with Gasteiger partial charge in [0, 0.05) is 10.9 Å². The van der Waals surface area contributed by atoms with Crippen molar-refractivity contribution in [3.63, 3.8) is 0 Å². The fourth-order valence-electron chi connectivity index (χ4n) is 2.21. The number of rotatable bonds is 4. The first-order chi connectivity index (χ1) is 10.8. The predicted molar refractivity (Wildman–Crippen MR) is 83.0 cm³/mol. The monoisotopic (exact) mass is 310 g/mol. The number of fused-ring (bicyclic) bond motifs is 3. The van der Waals surface area contributed by atoms with Gasteiger partial charge in [-0.05, 0) is 18.2 Å².